The molecule has 1 atom stereocenters. The fraction of sp³-hybridized carbons (Fsp3) is 0.545. The second-order valence-electron chi connectivity index (χ2n) is 3.71. The first-order valence-corrected chi connectivity index (χ1v) is 7.48. The van der Waals surface area contributed by atoms with Gasteiger partial charge in [0.25, 0.3) is 0 Å². The summed E-state index contributed by atoms with van der Waals surface area (Å²) in [6.45, 7) is 2.81. The lowest BCUT2D eigenvalue weighted by Gasteiger charge is -2.10. The highest BCUT2D eigenvalue weighted by atomic mass is 32.2. The molecule has 1 fully saturated rings. The Morgan fingerprint density at radius 1 is 1.69 bits per heavy atom. The van der Waals surface area contributed by atoms with Crippen molar-refractivity contribution in [3.63, 3.8) is 0 Å². The molecule has 1 amide bonds. The third kappa shape index (κ3) is 2.78. The molecule has 0 aromatic carbocycles. The van der Waals surface area contributed by atoms with Crippen LogP contribution in [0, 0.1) is 0 Å². The van der Waals surface area contributed by atoms with E-state index in [9.17, 15) is 4.79 Å². The molecule has 0 radical (unpaired) electrons. The molecule has 88 valence electrons. The van der Waals surface area contributed by atoms with Crippen molar-refractivity contribution < 1.29 is 4.79 Å². The Labute approximate surface area is 104 Å². The Morgan fingerprint density at radius 2 is 2.56 bits per heavy atom. The number of thiophene rings is 1. The normalized spacial score (nSPS) is 19.9. The topological polar surface area (TPSA) is 41.1 Å². The van der Waals surface area contributed by atoms with Gasteiger partial charge in [0.2, 0.25) is 5.91 Å². The van der Waals surface area contributed by atoms with Gasteiger partial charge in [0.15, 0.2) is 0 Å². The largest absolute Gasteiger partial charge is 0.350 e. The summed E-state index contributed by atoms with van der Waals surface area (Å²) >= 11 is 3.49. The summed E-state index contributed by atoms with van der Waals surface area (Å²) in [5.41, 5.74) is 1.35. The van der Waals surface area contributed by atoms with Gasteiger partial charge in [-0.05, 0) is 23.4 Å². The van der Waals surface area contributed by atoms with Crippen molar-refractivity contribution in [2.45, 2.75) is 25.9 Å². The van der Waals surface area contributed by atoms with Crippen molar-refractivity contribution in [1.29, 1.82) is 0 Å². The number of carbonyl (C=O) groups excluding carboxylic acids is 1. The summed E-state index contributed by atoms with van der Waals surface area (Å²) in [6.07, 6.45) is 1.03. The minimum atomic E-state index is -0.00459. The van der Waals surface area contributed by atoms with Crippen LogP contribution in [0.4, 0.5) is 0 Å². The standard InChI is InChI=1S/C11H16N2OS2/c1-2-8-3-4-16-10(8)5-12-11(14)9-6-15-7-13-9/h3-4,9,13H,2,5-7H2,1H3,(H,12,14). The van der Waals surface area contributed by atoms with E-state index in [1.54, 1.807) is 23.1 Å². The molecule has 1 saturated heterocycles. The van der Waals surface area contributed by atoms with E-state index in [0.29, 0.717) is 6.54 Å². The Balaban J connectivity index is 1.84. The third-order valence-corrected chi connectivity index (χ3v) is 4.58. The van der Waals surface area contributed by atoms with Gasteiger partial charge in [0.05, 0.1) is 12.6 Å². The van der Waals surface area contributed by atoms with Gasteiger partial charge < -0.3 is 5.32 Å². The molecular weight excluding hydrogens is 240 g/mol. The Kier molecular flexibility index (Phi) is 4.26. The van der Waals surface area contributed by atoms with E-state index in [0.717, 1.165) is 18.1 Å². The molecule has 0 bridgehead atoms. The number of thioether (sulfide) groups is 1. The maximum absolute atomic E-state index is 11.8. The van der Waals surface area contributed by atoms with Crippen LogP contribution in [0.5, 0.6) is 0 Å². The van der Waals surface area contributed by atoms with Crippen LogP contribution in [0.2, 0.25) is 0 Å². The molecule has 1 aliphatic rings. The van der Waals surface area contributed by atoms with Gasteiger partial charge in [-0.3, -0.25) is 10.1 Å². The molecule has 1 aromatic rings. The maximum Gasteiger partial charge on any atom is 0.238 e. The van der Waals surface area contributed by atoms with Gasteiger partial charge in [-0.1, -0.05) is 6.92 Å². The molecule has 0 spiro atoms. The van der Waals surface area contributed by atoms with Gasteiger partial charge in [0.1, 0.15) is 0 Å². The molecule has 2 heterocycles. The summed E-state index contributed by atoms with van der Waals surface area (Å²) in [6, 6.07) is 2.13. The number of rotatable bonds is 4. The molecule has 0 aliphatic carbocycles. The van der Waals surface area contributed by atoms with Crippen molar-refractivity contribution >= 4 is 29.0 Å². The summed E-state index contributed by atoms with van der Waals surface area (Å²) in [4.78, 5) is 13.0. The van der Waals surface area contributed by atoms with Crippen LogP contribution in [0.15, 0.2) is 11.4 Å². The van der Waals surface area contributed by atoms with Crippen molar-refractivity contribution in [2.24, 2.45) is 0 Å². The zero-order valence-corrected chi connectivity index (χ0v) is 10.9. The van der Waals surface area contributed by atoms with E-state index in [-0.39, 0.29) is 11.9 Å². The predicted octanol–water partition coefficient (Wildman–Crippen LogP) is 1.59. The zero-order valence-electron chi connectivity index (χ0n) is 9.29. The number of amides is 1. The molecule has 16 heavy (non-hydrogen) atoms. The minimum Gasteiger partial charge on any atom is -0.350 e. The average molecular weight is 256 g/mol. The van der Waals surface area contributed by atoms with Crippen LogP contribution in [0.3, 0.4) is 0 Å². The first kappa shape index (κ1) is 12.0. The summed E-state index contributed by atoms with van der Waals surface area (Å²) in [5.74, 6) is 1.90. The minimum absolute atomic E-state index is 0.00459. The summed E-state index contributed by atoms with van der Waals surface area (Å²) in [7, 11) is 0. The van der Waals surface area contributed by atoms with Crippen LogP contribution >= 0.6 is 23.1 Å². The average Bonchev–Trinajstić information content (AvgIpc) is 2.96. The lowest BCUT2D eigenvalue weighted by atomic mass is 10.2. The SMILES string of the molecule is CCc1ccsc1CNC(=O)C1CSCN1. The van der Waals surface area contributed by atoms with Gasteiger partial charge in [-0.15, -0.1) is 23.1 Å². The molecule has 3 nitrogen and oxygen atoms in total. The molecule has 5 heteroatoms. The fourth-order valence-corrected chi connectivity index (χ4v) is 3.55. The second kappa shape index (κ2) is 5.70. The lowest BCUT2D eigenvalue weighted by molar-refractivity contribution is -0.122. The van der Waals surface area contributed by atoms with Gasteiger partial charge >= 0.3 is 0 Å². The Hall–Kier alpha value is -0.520. The quantitative estimate of drug-likeness (QED) is 0.859. The smallest absolute Gasteiger partial charge is 0.238 e. The van der Waals surface area contributed by atoms with Crippen molar-refractivity contribution in [3.05, 3.63) is 21.9 Å². The predicted molar refractivity (Wildman–Crippen MR) is 69.8 cm³/mol. The number of nitrogens with one attached hydrogen (secondary N) is 2. The van der Waals surface area contributed by atoms with Gasteiger partial charge in [-0.25, -0.2) is 0 Å². The number of carbonyl (C=O) groups is 1. The van der Waals surface area contributed by atoms with E-state index in [4.69, 9.17) is 0 Å². The molecule has 1 aliphatic heterocycles. The van der Waals surface area contributed by atoms with E-state index < -0.39 is 0 Å². The molecule has 1 unspecified atom stereocenters. The molecule has 2 rings (SSSR count). The van der Waals surface area contributed by atoms with Crippen LogP contribution < -0.4 is 10.6 Å². The highest BCUT2D eigenvalue weighted by molar-refractivity contribution is 7.99. The maximum atomic E-state index is 11.8. The number of hydrogen-bond donors (Lipinski definition) is 2. The van der Waals surface area contributed by atoms with E-state index in [2.05, 4.69) is 29.0 Å². The van der Waals surface area contributed by atoms with Crippen molar-refractivity contribution in [1.82, 2.24) is 10.6 Å². The zero-order chi connectivity index (χ0) is 11.4. The molecule has 0 saturated carbocycles. The van der Waals surface area contributed by atoms with Gasteiger partial charge in [0, 0.05) is 16.5 Å². The molecule has 2 N–H and O–H groups in total. The van der Waals surface area contributed by atoms with Crippen LogP contribution in [-0.4, -0.2) is 23.6 Å². The van der Waals surface area contributed by atoms with Crippen LogP contribution in [0.1, 0.15) is 17.4 Å². The first-order chi connectivity index (χ1) is 7.81. The highest BCUT2D eigenvalue weighted by Crippen LogP contribution is 2.17. The van der Waals surface area contributed by atoms with Crippen molar-refractivity contribution in [3.8, 4) is 0 Å². The van der Waals surface area contributed by atoms with Gasteiger partial charge in [-0.2, -0.15) is 0 Å². The second-order valence-corrected chi connectivity index (χ2v) is 5.74. The van der Waals surface area contributed by atoms with Crippen LogP contribution in [0.25, 0.3) is 0 Å². The number of hydrogen-bond acceptors (Lipinski definition) is 4. The number of aryl methyl sites for hydroxylation is 1. The third-order valence-electron chi connectivity index (χ3n) is 2.67. The summed E-state index contributed by atoms with van der Waals surface area (Å²) in [5, 5.41) is 8.25. The lowest BCUT2D eigenvalue weighted by Crippen LogP contribution is -2.41. The van der Waals surface area contributed by atoms with Crippen LogP contribution in [-0.2, 0) is 17.8 Å². The van der Waals surface area contributed by atoms with E-state index in [1.165, 1.54) is 10.4 Å². The van der Waals surface area contributed by atoms with E-state index >= 15 is 0 Å². The molecule has 1 aromatic heterocycles. The Morgan fingerprint density at radius 3 is 3.25 bits per heavy atom. The first-order valence-electron chi connectivity index (χ1n) is 5.45. The Bertz CT molecular complexity index is 359. The monoisotopic (exact) mass is 256 g/mol. The fourth-order valence-electron chi connectivity index (χ4n) is 1.69. The van der Waals surface area contributed by atoms with Crippen molar-refractivity contribution in [2.75, 3.05) is 11.6 Å². The highest BCUT2D eigenvalue weighted by Gasteiger charge is 2.22. The molecular formula is C11H16N2OS2. The summed E-state index contributed by atoms with van der Waals surface area (Å²) < 4.78 is 0. The van der Waals surface area contributed by atoms with E-state index in [1.807, 2.05) is 0 Å².